The van der Waals surface area contributed by atoms with Gasteiger partial charge in [-0.25, -0.2) is 0 Å². The van der Waals surface area contributed by atoms with Gasteiger partial charge in [0.15, 0.2) is 0 Å². The smallest absolute Gasteiger partial charge is 0.253 e. The Bertz CT molecular complexity index is 458. The molecule has 1 fully saturated rings. The molecule has 0 aliphatic carbocycles. The van der Waals surface area contributed by atoms with Crippen molar-refractivity contribution in [3.8, 4) is 0 Å². The molecule has 2 rings (SSSR count). The van der Waals surface area contributed by atoms with E-state index in [4.69, 9.17) is 11.6 Å². The fraction of sp³-hybridized carbons (Fsp3) is 0.385. The summed E-state index contributed by atoms with van der Waals surface area (Å²) in [5, 5.41) is 11.4. The Kier molecular flexibility index (Phi) is 3.87. The highest BCUT2D eigenvalue weighted by Gasteiger charge is 2.24. The summed E-state index contributed by atoms with van der Waals surface area (Å²) < 4.78 is 0. The number of likely N-dealkylation sites (tertiary alicyclic amines) is 1. The quantitative estimate of drug-likeness (QED) is 0.800. The fourth-order valence-corrected chi connectivity index (χ4v) is 2.26. The van der Waals surface area contributed by atoms with Crippen LogP contribution in [0.5, 0.6) is 0 Å². The molecule has 1 aliphatic heterocycles. The van der Waals surface area contributed by atoms with E-state index in [9.17, 15) is 14.7 Å². The molecule has 0 bridgehead atoms. The number of aliphatic carboxylic acids is 1. The zero-order chi connectivity index (χ0) is 13.1. The SMILES string of the molecule is O=C([O-])[C@H]1CCCN(C(=O)c2ccc(Cl)cc2)C1. The number of halogens is 1. The number of nitrogens with zero attached hydrogens (tertiary/aromatic N) is 1. The van der Waals surface area contributed by atoms with Crippen LogP contribution in [0, 0.1) is 5.92 Å². The van der Waals surface area contributed by atoms with Gasteiger partial charge >= 0.3 is 0 Å². The molecule has 18 heavy (non-hydrogen) atoms. The molecule has 1 aromatic carbocycles. The Labute approximate surface area is 110 Å². The number of hydrogen-bond acceptors (Lipinski definition) is 3. The Hall–Kier alpha value is -1.55. The van der Waals surface area contributed by atoms with Crippen LogP contribution in [-0.2, 0) is 4.79 Å². The van der Waals surface area contributed by atoms with E-state index in [-0.39, 0.29) is 12.5 Å². The molecule has 1 amide bonds. The van der Waals surface area contributed by atoms with Crippen LogP contribution < -0.4 is 5.11 Å². The first-order valence-corrected chi connectivity index (χ1v) is 6.21. The summed E-state index contributed by atoms with van der Waals surface area (Å²) in [6, 6.07) is 6.59. The molecule has 4 nitrogen and oxygen atoms in total. The first kappa shape index (κ1) is 12.9. The Morgan fingerprint density at radius 3 is 2.56 bits per heavy atom. The first-order valence-electron chi connectivity index (χ1n) is 5.83. The molecule has 1 aromatic rings. The van der Waals surface area contributed by atoms with Gasteiger partial charge in [-0.2, -0.15) is 0 Å². The lowest BCUT2D eigenvalue weighted by molar-refractivity contribution is -0.312. The topological polar surface area (TPSA) is 60.4 Å². The predicted molar refractivity (Wildman–Crippen MR) is 65.1 cm³/mol. The molecule has 96 valence electrons. The lowest BCUT2D eigenvalue weighted by Crippen LogP contribution is -2.46. The zero-order valence-corrected chi connectivity index (χ0v) is 10.5. The van der Waals surface area contributed by atoms with Crippen LogP contribution in [-0.4, -0.2) is 29.9 Å². The molecule has 0 aromatic heterocycles. The molecular weight excluding hydrogens is 254 g/mol. The molecule has 0 saturated carbocycles. The van der Waals surface area contributed by atoms with Gasteiger partial charge in [-0.15, -0.1) is 0 Å². The maximum Gasteiger partial charge on any atom is 0.253 e. The standard InChI is InChI=1S/C13H14ClNO3/c14-11-5-3-9(4-6-11)12(16)15-7-1-2-10(8-15)13(17)18/h3-6,10H,1-2,7-8H2,(H,17,18)/p-1/t10-/m0/s1. The van der Waals surface area contributed by atoms with Crippen LogP contribution in [0.4, 0.5) is 0 Å². The molecular formula is C13H13ClNO3-. The summed E-state index contributed by atoms with van der Waals surface area (Å²) in [6.45, 7) is 0.815. The maximum atomic E-state index is 12.1. The second-order valence-corrected chi connectivity index (χ2v) is 4.85. The molecule has 1 atom stereocenters. The molecule has 0 radical (unpaired) electrons. The van der Waals surface area contributed by atoms with Crippen LogP contribution in [0.2, 0.25) is 5.02 Å². The van der Waals surface area contributed by atoms with E-state index in [0.717, 1.165) is 0 Å². The third-order valence-electron chi connectivity index (χ3n) is 3.13. The van der Waals surface area contributed by atoms with Crippen molar-refractivity contribution >= 4 is 23.5 Å². The Balaban J connectivity index is 2.09. The minimum absolute atomic E-state index is 0.155. The summed E-state index contributed by atoms with van der Waals surface area (Å²) >= 11 is 5.76. The van der Waals surface area contributed by atoms with E-state index in [1.807, 2.05) is 0 Å². The fourth-order valence-electron chi connectivity index (χ4n) is 2.13. The van der Waals surface area contributed by atoms with Crippen molar-refractivity contribution in [2.24, 2.45) is 5.92 Å². The number of carboxylic acid groups (broad SMARTS) is 1. The van der Waals surface area contributed by atoms with Crippen LogP contribution in [0.3, 0.4) is 0 Å². The van der Waals surface area contributed by atoms with Gasteiger partial charge in [0.2, 0.25) is 0 Å². The van der Waals surface area contributed by atoms with Gasteiger partial charge in [0.1, 0.15) is 0 Å². The van der Waals surface area contributed by atoms with Crippen molar-refractivity contribution in [2.75, 3.05) is 13.1 Å². The van der Waals surface area contributed by atoms with Gasteiger partial charge in [0.05, 0.1) is 0 Å². The molecule has 0 N–H and O–H groups in total. The summed E-state index contributed by atoms with van der Waals surface area (Å²) in [5.41, 5.74) is 0.526. The van der Waals surface area contributed by atoms with E-state index in [2.05, 4.69) is 0 Å². The van der Waals surface area contributed by atoms with E-state index >= 15 is 0 Å². The molecule has 0 spiro atoms. The number of amides is 1. The van der Waals surface area contributed by atoms with E-state index in [1.165, 1.54) is 0 Å². The van der Waals surface area contributed by atoms with Crippen molar-refractivity contribution < 1.29 is 14.7 Å². The van der Waals surface area contributed by atoms with Crippen LogP contribution in [0.1, 0.15) is 23.2 Å². The van der Waals surface area contributed by atoms with Crippen LogP contribution in [0.15, 0.2) is 24.3 Å². The van der Waals surface area contributed by atoms with Crippen molar-refractivity contribution in [3.63, 3.8) is 0 Å². The highest BCUT2D eigenvalue weighted by atomic mass is 35.5. The van der Waals surface area contributed by atoms with Gasteiger partial charge in [0, 0.05) is 35.6 Å². The number of benzene rings is 1. The third kappa shape index (κ3) is 2.82. The maximum absolute atomic E-state index is 12.1. The molecule has 1 heterocycles. The van der Waals surface area contributed by atoms with Gasteiger partial charge in [-0.05, 0) is 37.1 Å². The minimum Gasteiger partial charge on any atom is -0.550 e. The van der Waals surface area contributed by atoms with E-state index in [1.54, 1.807) is 29.2 Å². The monoisotopic (exact) mass is 266 g/mol. The highest BCUT2D eigenvalue weighted by Crippen LogP contribution is 2.19. The number of hydrogen-bond donors (Lipinski definition) is 0. The molecule has 1 saturated heterocycles. The Morgan fingerprint density at radius 1 is 1.28 bits per heavy atom. The van der Waals surface area contributed by atoms with Crippen molar-refractivity contribution in [3.05, 3.63) is 34.9 Å². The number of rotatable bonds is 2. The van der Waals surface area contributed by atoms with Gasteiger partial charge < -0.3 is 14.8 Å². The zero-order valence-electron chi connectivity index (χ0n) is 9.77. The number of carbonyl (C=O) groups is 2. The largest absolute Gasteiger partial charge is 0.550 e. The van der Waals surface area contributed by atoms with Crippen LogP contribution >= 0.6 is 11.6 Å². The van der Waals surface area contributed by atoms with Crippen molar-refractivity contribution in [2.45, 2.75) is 12.8 Å². The number of piperidine rings is 1. The summed E-state index contributed by atoms with van der Waals surface area (Å²) in [6.07, 6.45) is 1.27. The predicted octanol–water partition coefficient (Wildman–Crippen LogP) is 0.942. The third-order valence-corrected chi connectivity index (χ3v) is 3.39. The summed E-state index contributed by atoms with van der Waals surface area (Å²) in [5.74, 6) is -1.80. The lowest BCUT2D eigenvalue weighted by atomic mass is 9.97. The summed E-state index contributed by atoms with van der Waals surface area (Å²) in [7, 11) is 0. The van der Waals surface area contributed by atoms with Gasteiger partial charge in [-0.1, -0.05) is 11.6 Å². The molecule has 0 unspecified atom stereocenters. The van der Waals surface area contributed by atoms with E-state index < -0.39 is 11.9 Å². The number of carbonyl (C=O) groups excluding carboxylic acids is 2. The highest BCUT2D eigenvalue weighted by molar-refractivity contribution is 6.30. The lowest BCUT2D eigenvalue weighted by Gasteiger charge is -2.33. The average molecular weight is 267 g/mol. The summed E-state index contributed by atoms with van der Waals surface area (Å²) in [4.78, 5) is 24.5. The van der Waals surface area contributed by atoms with E-state index in [0.29, 0.717) is 30.0 Å². The van der Waals surface area contributed by atoms with Crippen LogP contribution in [0.25, 0.3) is 0 Å². The number of carboxylic acids is 1. The first-order chi connectivity index (χ1) is 8.58. The van der Waals surface area contributed by atoms with Crippen molar-refractivity contribution in [1.29, 1.82) is 0 Å². The van der Waals surface area contributed by atoms with Gasteiger partial charge in [0.25, 0.3) is 5.91 Å². The Morgan fingerprint density at radius 2 is 1.94 bits per heavy atom. The minimum atomic E-state index is -1.08. The molecule has 5 heteroatoms. The second-order valence-electron chi connectivity index (χ2n) is 4.42. The van der Waals surface area contributed by atoms with Gasteiger partial charge in [-0.3, -0.25) is 4.79 Å². The second kappa shape index (κ2) is 5.40. The van der Waals surface area contributed by atoms with Crippen molar-refractivity contribution in [1.82, 2.24) is 4.90 Å². The normalized spacial score (nSPS) is 19.6. The molecule has 1 aliphatic rings. The average Bonchev–Trinajstić information content (AvgIpc) is 2.39.